The number of aromatic hydroxyl groups is 1. The third-order valence-corrected chi connectivity index (χ3v) is 6.80. The predicted molar refractivity (Wildman–Crippen MR) is 160 cm³/mol. The summed E-state index contributed by atoms with van der Waals surface area (Å²) in [4.78, 5) is 15.1. The fourth-order valence-corrected chi connectivity index (χ4v) is 4.58. The number of quaternary nitrogens is 1. The number of hydrogen-bond acceptors (Lipinski definition) is 3. The number of carbonyl (C=O) groups is 1. The van der Waals surface area contributed by atoms with Gasteiger partial charge in [0.05, 0.1) is 27.2 Å². The van der Waals surface area contributed by atoms with Gasteiger partial charge in [0.15, 0.2) is 6.54 Å². The molecule has 0 bridgehead atoms. The Kier molecular flexibility index (Phi) is 15.8. The van der Waals surface area contributed by atoms with Crippen molar-refractivity contribution < 1.29 is 36.1 Å². The van der Waals surface area contributed by atoms with Gasteiger partial charge in [0.2, 0.25) is 0 Å². The molecule has 0 saturated heterocycles. The number of nitrogens with zero attached hydrogens (tertiary/aromatic N) is 2. The molecule has 0 aliphatic heterocycles. The summed E-state index contributed by atoms with van der Waals surface area (Å²) in [6.07, 6.45) is 10.3. The first-order chi connectivity index (χ1) is 18.2. The van der Waals surface area contributed by atoms with Crippen molar-refractivity contribution >= 4 is 5.91 Å². The van der Waals surface area contributed by atoms with Gasteiger partial charge in [0, 0.05) is 30.6 Å². The number of rotatable bonds is 18. The lowest BCUT2D eigenvalue weighted by Gasteiger charge is -2.32. The Morgan fingerprint density at radius 3 is 2.05 bits per heavy atom. The Labute approximate surface area is 247 Å². The van der Waals surface area contributed by atoms with Crippen LogP contribution >= 0.6 is 0 Å². The van der Waals surface area contributed by atoms with Crippen molar-refractivity contribution in [2.45, 2.75) is 58.8 Å². The van der Waals surface area contributed by atoms with Gasteiger partial charge in [-0.1, -0.05) is 51.0 Å². The molecule has 0 radical (unpaired) electrons. The minimum Gasteiger partial charge on any atom is -1.00 e. The second-order valence-corrected chi connectivity index (χ2v) is 10.8. The molecule has 0 unspecified atom stereocenters. The smallest absolute Gasteiger partial charge is 0.277 e. The van der Waals surface area contributed by atoms with Crippen LogP contribution in [0.25, 0.3) is 11.1 Å². The zero-order valence-corrected chi connectivity index (χ0v) is 26.1. The average molecular weight is 602 g/mol. The number of unbranched alkanes of at least 4 members (excludes halogenated alkanes) is 2. The minimum absolute atomic E-state index is 0. The van der Waals surface area contributed by atoms with Crippen molar-refractivity contribution in [1.29, 1.82) is 0 Å². The van der Waals surface area contributed by atoms with E-state index in [-0.39, 0.29) is 28.6 Å². The van der Waals surface area contributed by atoms with Crippen molar-refractivity contribution in [3.05, 3.63) is 72.8 Å². The van der Waals surface area contributed by atoms with Gasteiger partial charge in [-0.2, -0.15) is 0 Å². The third kappa shape index (κ3) is 11.6. The fraction of sp³-hybridized carbons (Fsp3) is 0.485. The van der Waals surface area contributed by atoms with Gasteiger partial charge in [0.25, 0.3) is 5.91 Å². The molecule has 216 valence electrons. The Balaban J connectivity index is 0.00000760. The van der Waals surface area contributed by atoms with E-state index in [1.165, 1.54) is 0 Å². The highest BCUT2D eigenvalue weighted by atomic mass is 79.9. The topological polar surface area (TPSA) is 49.8 Å². The summed E-state index contributed by atoms with van der Waals surface area (Å²) in [7, 11) is 4.24. The summed E-state index contributed by atoms with van der Waals surface area (Å²) in [5.41, 5.74) is 3.83. The Morgan fingerprint density at radius 1 is 0.923 bits per heavy atom. The third-order valence-electron chi connectivity index (χ3n) is 6.80. The second kappa shape index (κ2) is 17.9. The molecule has 0 aromatic heterocycles. The molecule has 0 spiro atoms. The van der Waals surface area contributed by atoms with Crippen molar-refractivity contribution in [2.75, 3.05) is 46.9 Å². The molecular formula is C33H49BrN2O3. The highest BCUT2D eigenvalue weighted by molar-refractivity contribution is 5.77. The average Bonchev–Trinajstić information content (AvgIpc) is 2.88. The molecule has 0 aliphatic carbocycles. The molecule has 6 heteroatoms. The lowest BCUT2D eigenvalue weighted by molar-refractivity contribution is -0.882. The van der Waals surface area contributed by atoms with Gasteiger partial charge in [-0.15, -0.1) is 13.2 Å². The maximum atomic E-state index is 13.1. The summed E-state index contributed by atoms with van der Waals surface area (Å²) in [6.45, 7) is 15.6. The quantitative estimate of drug-likeness (QED) is 0.161. The van der Waals surface area contributed by atoms with Gasteiger partial charge in [-0.3, -0.25) is 4.79 Å². The van der Waals surface area contributed by atoms with E-state index in [2.05, 4.69) is 47.2 Å². The van der Waals surface area contributed by atoms with Crippen LogP contribution in [0.1, 0.15) is 57.1 Å². The van der Waals surface area contributed by atoms with Crippen molar-refractivity contribution in [3.63, 3.8) is 0 Å². The standard InChI is InChI=1S/C33H48N2O3.BrH/c1-7-11-20-34(21-12-8-2)33(37)26-35(5,6)22-13-23-38-32-19-17-28(15-10-4)25-30(32)29-24-27(14-9-3)16-18-31(29)36;/h9-10,16-19,24-25H,3-4,7-8,11-15,20-23,26H2,1-2,5-6H3;1H. The van der Waals surface area contributed by atoms with E-state index in [4.69, 9.17) is 4.74 Å². The largest absolute Gasteiger partial charge is 1.00 e. The van der Waals surface area contributed by atoms with Crippen molar-refractivity contribution in [1.82, 2.24) is 4.90 Å². The number of benzene rings is 2. The van der Waals surface area contributed by atoms with Crippen LogP contribution in [0.2, 0.25) is 0 Å². The van der Waals surface area contributed by atoms with Gasteiger partial charge in [-0.05, 0) is 61.1 Å². The van der Waals surface area contributed by atoms with Crippen molar-refractivity contribution in [2.24, 2.45) is 0 Å². The van der Waals surface area contributed by atoms with E-state index in [1.54, 1.807) is 6.07 Å². The first-order valence-electron chi connectivity index (χ1n) is 14.1. The Morgan fingerprint density at radius 2 is 1.49 bits per heavy atom. The SMILES string of the molecule is C=CCc1ccc(O)c(-c2cc(CC=C)ccc2OCCC[N+](C)(C)CC(=O)N(CCCC)CCCC)c1.[Br-]. The molecule has 1 amide bonds. The first kappa shape index (κ1) is 34.5. The predicted octanol–water partition coefficient (Wildman–Crippen LogP) is 3.79. The Hall–Kier alpha value is -2.57. The van der Waals surface area contributed by atoms with Crippen LogP contribution in [-0.4, -0.2) is 67.3 Å². The maximum absolute atomic E-state index is 13.1. The summed E-state index contributed by atoms with van der Waals surface area (Å²) in [5.74, 6) is 1.22. The lowest BCUT2D eigenvalue weighted by atomic mass is 9.97. The van der Waals surface area contributed by atoms with Crippen molar-refractivity contribution in [3.8, 4) is 22.6 Å². The summed E-state index contributed by atoms with van der Waals surface area (Å²) in [6, 6.07) is 11.8. The second-order valence-electron chi connectivity index (χ2n) is 10.8. The van der Waals surface area contributed by atoms with Crippen LogP contribution in [0.5, 0.6) is 11.5 Å². The molecule has 5 nitrogen and oxygen atoms in total. The number of phenolic OH excluding ortho intramolecular Hbond substituents is 1. The van der Waals surface area contributed by atoms with Crippen LogP contribution in [0, 0.1) is 0 Å². The molecule has 2 rings (SSSR count). The molecule has 1 N–H and O–H groups in total. The van der Waals surface area contributed by atoms with E-state index < -0.39 is 0 Å². The normalized spacial score (nSPS) is 11.0. The van der Waals surface area contributed by atoms with E-state index in [0.29, 0.717) is 17.6 Å². The van der Waals surface area contributed by atoms with E-state index in [9.17, 15) is 9.90 Å². The Bertz CT molecular complexity index is 1040. The van der Waals surface area contributed by atoms with Gasteiger partial charge in [0.1, 0.15) is 11.5 Å². The number of ether oxygens (including phenoxy) is 1. The molecule has 39 heavy (non-hydrogen) atoms. The number of hydrogen-bond donors (Lipinski definition) is 1. The number of allylic oxidation sites excluding steroid dienone is 2. The molecule has 0 fully saturated rings. The monoisotopic (exact) mass is 600 g/mol. The maximum Gasteiger partial charge on any atom is 0.277 e. The first-order valence-corrected chi connectivity index (χ1v) is 14.1. The molecule has 0 heterocycles. The van der Waals surface area contributed by atoms with Crippen LogP contribution < -0.4 is 21.7 Å². The summed E-state index contributed by atoms with van der Waals surface area (Å²) >= 11 is 0. The van der Waals surface area contributed by atoms with Crippen LogP contribution in [0.15, 0.2) is 61.7 Å². The highest BCUT2D eigenvalue weighted by Crippen LogP contribution is 2.37. The van der Waals surface area contributed by atoms with Gasteiger partial charge in [-0.25, -0.2) is 0 Å². The fourth-order valence-electron chi connectivity index (χ4n) is 4.58. The number of carbonyl (C=O) groups excluding carboxylic acids is 1. The van der Waals surface area contributed by atoms with Crippen LogP contribution in [0.3, 0.4) is 0 Å². The number of likely N-dealkylation sites (N-methyl/N-ethyl adjacent to an activating group) is 1. The number of halogens is 1. The lowest BCUT2D eigenvalue weighted by Crippen LogP contribution is -3.00. The zero-order valence-electron chi connectivity index (χ0n) is 24.6. The summed E-state index contributed by atoms with van der Waals surface area (Å²) in [5, 5.41) is 10.7. The highest BCUT2D eigenvalue weighted by Gasteiger charge is 2.24. The summed E-state index contributed by atoms with van der Waals surface area (Å²) < 4.78 is 6.90. The van der Waals surface area contributed by atoms with E-state index in [1.807, 2.05) is 41.3 Å². The van der Waals surface area contributed by atoms with Gasteiger partial charge < -0.3 is 36.2 Å². The van der Waals surface area contributed by atoms with Gasteiger partial charge >= 0.3 is 0 Å². The van der Waals surface area contributed by atoms with Crippen LogP contribution in [-0.2, 0) is 17.6 Å². The number of amides is 1. The van der Waals surface area contributed by atoms with E-state index in [0.717, 1.165) is 92.6 Å². The molecule has 2 aromatic rings. The minimum atomic E-state index is 0. The molecule has 0 saturated carbocycles. The molecule has 0 aliphatic rings. The number of phenols is 1. The van der Waals surface area contributed by atoms with E-state index >= 15 is 0 Å². The van der Waals surface area contributed by atoms with Crippen LogP contribution in [0.4, 0.5) is 0 Å². The molecule has 0 atom stereocenters. The molecular weight excluding hydrogens is 552 g/mol. The molecule has 2 aromatic carbocycles. The zero-order chi connectivity index (χ0) is 28.0.